The largest absolute Gasteiger partial charge is 0.361 e. The maximum Gasteiger partial charge on any atom is 0.293 e. The van der Waals surface area contributed by atoms with E-state index in [9.17, 15) is 9.18 Å². The fourth-order valence-corrected chi connectivity index (χ4v) is 1.41. The van der Waals surface area contributed by atoms with Crippen LogP contribution in [0.5, 0.6) is 0 Å². The fraction of sp³-hybridized carbons (Fsp3) is 0.167. The zero-order valence-electron chi connectivity index (χ0n) is 9.35. The lowest BCUT2D eigenvalue weighted by molar-refractivity contribution is 0.627. The molecule has 0 saturated carbocycles. The van der Waals surface area contributed by atoms with E-state index in [-0.39, 0.29) is 11.4 Å². The highest BCUT2D eigenvalue weighted by molar-refractivity contribution is 5.32. The van der Waals surface area contributed by atoms with Crippen LogP contribution < -0.4 is 10.9 Å². The third-order valence-corrected chi connectivity index (χ3v) is 2.39. The van der Waals surface area contributed by atoms with Crippen molar-refractivity contribution in [3.63, 3.8) is 0 Å². The lowest BCUT2D eigenvalue weighted by atomic mass is 10.2. The molecule has 0 unspecified atom stereocenters. The minimum Gasteiger partial charge on any atom is -0.361 e. The van der Waals surface area contributed by atoms with Crippen molar-refractivity contribution in [3.8, 4) is 0 Å². The summed E-state index contributed by atoms with van der Waals surface area (Å²) in [4.78, 5) is 15.6. The zero-order valence-corrected chi connectivity index (χ0v) is 9.35. The van der Waals surface area contributed by atoms with Gasteiger partial charge in [0.2, 0.25) is 0 Å². The highest BCUT2D eigenvalue weighted by atomic mass is 19.1. The summed E-state index contributed by atoms with van der Waals surface area (Å²) in [5.74, 6) is 0.0156. The Bertz CT molecular complexity index is 563. The maximum atomic E-state index is 12.7. The highest BCUT2D eigenvalue weighted by Gasteiger charge is 2.01. The monoisotopic (exact) mass is 233 g/mol. The van der Waals surface area contributed by atoms with Crippen LogP contribution in [0.25, 0.3) is 0 Å². The molecule has 0 amide bonds. The number of hydrogen-bond donors (Lipinski definition) is 1. The van der Waals surface area contributed by atoms with Crippen LogP contribution in [0.1, 0.15) is 5.56 Å². The number of benzene rings is 1. The molecule has 1 N–H and O–H groups in total. The highest BCUT2D eigenvalue weighted by Crippen LogP contribution is 2.04. The van der Waals surface area contributed by atoms with Gasteiger partial charge in [0.25, 0.3) is 5.56 Å². The van der Waals surface area contributed by atoms with Crippen LogP contribution >= 0.6 is 0 Å². The SMILES string of the molecule is Cn1ccnc(NCc2ccc(F)cc2)c1=O. The average Bonchev–Trinajstić information content (AvgIpc) is 2.33. The lowest BCUT2D eigenvalue weighted by Gasteiger charge is -2.05. The fourth-order valence-electron chi connectivity index (χ4n) is 1.41. The molecule has 0 saturated heterocycles. The van der Waals surface area contributed by atoms with Gasteiger partial charge >= 0.3 is 0 Å². The minimum atomic E-state index is -0.275. The number of aryl methyl sites for hydroxylation is 1. The molecule has 17 heavy (non-hydrogen) atoms. The summed E-state index contributed by atoms with van der Waals surface area (Å²) in [5, 5.41) is 2.92. The van der Waals surface area contributed by atoms with E-state index in [1.807, 2.05) is 0 Å². The lowest BCUT2D eigenvalue weighted by Crippen LogP contribution is -2.21. The zero-order chi connectivity index (χ0) is 12.3. The van der Waals surface area contributed by atoms with Crippen molar-refractivity contribution in [3.05, 3.63) is 58.4 Å². The van der Waals surface area contributed by atoms with Crippen LogP contribution in [-0.2, 0) is 13.6 Å². The Balaban J connectivity index is 2.10. The summed E-state index contributed by atoms with van der Waals surface area (Å²) in [7, 11) is 1.66. The van der Waals surface area contributed by atoms with Gasteiger partial charge in [-0.25, -0.2) is 9.37 Å². The van der Waals surface area contributed by atoms with Crippen LogP contribution in [0.2, 0.25) is 0 Å². The summed E-state index contributed by atoms with van der Waals surface area (Å²) >= 11 is 0. The number of aromatic nitrogens is 2. The molecule has 2 aromatic rings. The average molecular weight is 233 g/mol. The van der Waals surface area contributed by atoms with Gasteiger partial charge in [0, 0.05) is 26.0 Å². The molecule has 0 atom stereocenters. The molecule has 0 aliphatic heterocycles. The molecule has 5 heteroatoms. The van der Waals surface area contributed by atoms with Gasteiger partial charge in [0.05, 0.1) is 0 Å². The molecule has 4 nitrogen and oxygen atoms in total. The number of hydrogen-bond acceptors (Lipinski definition) is 3. The van der Waals surface area contributed by atoms with Gasteiger partial charge in [0.1, 0.15) is 5.82 Å². The Kier molecular flexibility index (Phi) is 3.18. The number of anilines is 1. The topological polar surface area (TPSA) is 46.9 Å². The van der Waals surface area contributed by atoms with Gasteiger partial charge in [-0.15, -0.1) is 0 Å². The van der Waals surface area contributed by atoms with E-state index >= 15 is 0 Å². The molecule has 1 heterocycles. The van der Waals surface area contributed by atoms with Crippen molar-refractivity contribution in [2.24, 2.45) is 7.05 Å². The molecular formula is C12H12FN3O. The van der Waals surface area contributed by atoms with E-state index in [2.05, 4.69) is 10.3 Å². The summed E-state index contributed by atoms with van der Waals surface area (Å²) < 4.78 is 14.1. The molecule has 0 aliphatic rings. The summed E-state index contributed by atoms with van der Waals surface area (Å²) in [5.41, 5.74) is 0.703. The van der Waals surface area contributed by atoms with E-state index in [0.29, 0.717) is 12.4 Å². The molecule has 0 bridgehead atoms. The van der Waals surface area contributed by atoms with Gasteiger partial charge in [-0.2, -0.15) is 0 Å². The van der Waals surface area contributed by atoms with Gasteiger partial charge in [0.15, 0.2) is 5.82 Å². The maximum absolute atomic E-state index is 12.7. The normalized spacial score (nSPS) is 10.2. The first-order valence-corrected chi connectivity index (χ1v) is 5.17. The van der Waals surface area contributed by atoms with Gasteiger partial charge in [-0.3, -0.25) is 4.79 Å². The molecular weight excluding hydrogens is 221 g/mol. The third-order valence-electron chi connectivity index (χ3n) is 2.39. The number of nitrogens with one attached hydrogen (secondary N) is 1. The van der Waals surface area contributed by atoms with Crippen molar-refractivity contribution in [2.45, 2.75) is 6.54 Å². The smallest absolute Gasteiger partial charge is 0.293 e. The molecule has 1 aromatic heterocycles. The summed E-state index contributed by atoms with van der Waals surface area (Å²) in [6, 6.07) is 6.09. The van der Waals surface area contributed by atoms with E-state index in [0.717, 1.165) is 5.56 Å². The second kappa shape index (κ2) is 4.78. The van der Waals surface area contributed by atoms with Gasteiger partial charge < -0.3 is 9.88 Å². The Labute approximate surface area is 97.7 Å². The molecule has 2 rings (SSSR count). The summed E-state index contributed by atoms with van der Waals surface area (Å²) in [6.45, 7) is 0.437. The van der Waals surface area contributed by atoms with Crippen molar-refractivity contribution in [1.82, 2.24) is 9.55 Å². The summed E-state index contributed by atoms with van der Waals surface area (Å²) in [6.07, 6.45) is 3.14. The van der Waals surface area contributed by atoms with Crippen LogP contribution in [0.3, 0.4) is 0 Å². The van der Waals surface area contributed by atoms with Gasteiger partial charge in [-0.1, -0.05) is 12.1 Å². The van der Waals surface area contributed by atoms with Crippen molar-refractivity contribution in [2.75, 3.05) is 5.32 Å². The molecule has 88 valence electrons. The first kappa shape index (κ1) is 11.3. The molecule has 0 fully saturated rings. The van der Waals surface area contributed by atoms with Crippen LogP contribution in [-0.4, -0.2) is 9.55 Å². The predicted octanol–water partition coefficient (Wildman–Crippen LogP) is 1.53. The van der Waals surface area contributed by atoms with E-state index < -0.39 is 0 Å². The van der Waals surface area contributed by atoms with Crippen LogP contribution in [0.15, 0.2) is 41.5 Å². The first-order chi connectivity index (χ1) is 8.16. The Hall–Kier alpha value is -2.17. The molecule has 1 aromatic carbocycles. The van der Waals surface area contributed by atoms with Crippen LogP contribution in [0, 0.1) is 5.82 Å². The molecule has 0 aliphatic carbocycles. The van der Waals surface area contributed by atoms with Crippen molar-refractivity contribution in [1.29, 1.82) is 0 Å². The van der Waals surface area contributed by atoms with Crippen molar-refractivity contribution >= 4 is 5.82 Å². The number of halogens is 1. The standard InChI is InChI=1S/C12H12FN3O/c1-16-7-6-14-11(12(16)17)15-8-9-2-4-10(13)5-3-9/h2-7H,8H2,1H3,(H,14,15). The second-order valence-electron chi connectivity index (χ2n) is 3.67. The quantitative estimate of drug-likeness (QED) is 0.874. The van der Waals surface area contributed by atoms with Crippen LogP contribution in [0.4, 0.5) is 10.2 Å². The Morgan fingerprint density at radius 2 is 2.06 bits per heavy atom. The van der Waals surface area contributed by atoms with E-state index in [1.54, 1.807) is 31.6 Å². The van der Waals surface area contributed by atoms with Gasteiger partial charge in [-0.05, 0) is 17.7 Å². The Morgan fingerprint density at radius 1 is 1.35 bits per heavy atom. The first-order valence-electron chi connectivity index (χ1n) is 5.17. The number of rotatable bonds is 3. The van der Waals surface area contributed by atoms with Crippen molar-refractivity contribution < 1.29 is 4.39 Å². The third kappa shape index (κ3) is 2.69. The molecule has 0 spiro atoms. The van der Waals surface area contributed by atoms with E-state index in [4.69, 9.17) is 0 Å². The predicted molar refractivity (Wildman–Crippen MR) is 63.2 cm³/mol. The Morgan fingerprint density at radius 3 is 2.76 bits per heavy atom. The van der Waals surface area contributed by atoms with E-state index in [1.165, 1.54) is 16.7 Å². The minimum absolute atomic E-state index is 0.186. The number of nitrogens with zero attached hydrogens (tertiary/aromatic N) is 2. The molecule has 0 radical (unpaired) electrons. The second-order valence-corrected chi connectivity index (χ2v) is 3.67.